The van der Waals surface area contributed by atoms with Crippen LogP contribution >= 0.6 is 0 Å². The SMILES string of the molecule is CCCC[N+](CCCC)(CCCC)CCCC.CCCC[N+](CCCC)(CCCC)CCCC.C[O-].[F-]. The van der Waals surface area contributed by atoms with E-state index in [0.29, 0.717) is 0 Å². The van der Waals surface area contributed by atoms with Crippen LogP contribution in [0.5, 0.6) is 0 Å². The standard InChI is InChI=1S/2C16H36N.CH3O.FH/c2*1-5-9-13-17(14-10-6-2,15-11-7-3)16-12-8-4;1-2;/h2*5-16H2,1-4H3;1H3;1H/q2*+1;-1;/p-1. The van der Waals surface area contributed by atoms with Gasteiger partial charge >= 0.3 is 0 Å². The lowest BCUT2D eigenvalue weighted by atomic mass is 10.1. The van der Waals surface area contributed by atoms with Crippen LogP contribution in [-0.2, 0) is 0 Å². The molecule has 0 saturated heterocycles. The fourth-order valence-corrected chi connectivity index (χ4v) is 5.29. The highest BCUT2D eigenvalue weighted by Gasteiger charge is 2.25. The smallest absolute Gasteiger partial charge is 0.0786 e. The maximum absolute atomic E-state index is 8.25. The van der Waals surface area contributed by atoms with Crippen LogP contribution in [0.2, 0.25) is 0 Å². The Labute approximate surface area is 236 Å². The van der Waals surface area contributed by atoms with Crippen molar-refractivity contribution in [3.63, 3.8) is 0 Å². The number of quaternary nitrogens is 2. The minimum Gasteiger partial charge on any atom is -1.00 e. The van der Waals surface area contributed by atoms with Gasteiger partial charge in [-0.15, -0.1) is 0 Å². The molecule has 0 aliphatic carbocycles. The minimum atomic E-state index is 0. The molecular formula is C33H75FN2O. The molecule has 0 radical (unpaired) electrons. The molecule has 3 nitrogen and oxygen atoms in total. The summed E-state index contributed by atoms with van der Waals surface area (Å²) in [6, 6.07) is 0. The van der Waals surface area contributed by atoms with Crippen LogP contribution in [0.3, 0.4) is 0 Å². The predicted octanol–water partition coefficient (Wildman–Crippen LogP) is 5.99. The maximum atomic E-state index is 8.25. The Hall–Kier alpha value is -0.190. The van der Waals surface area contributed by atoms with E-state index in [2.05, 4.69) is 55.4 Å². The summed E-state index contributed by atoms with van der Waals surface area (Å²) in [5, 5.41) is 8.25. The number of rotatable bonds is 24. The first-order chi connectivity index (χ1) is 17.5. The van der Waals surface area contributed by atoms with Crippen molar-refractivity contribution in [1.82, 2.24) is 0 Å². The zero-order valence-corrected chi connectivity index (χ0v) is 27.7. The number of nitrogens with zero attached hydrogens (tertiary/aromatic N) is 2. The molecule has 37 heavy (non-hydrogen) atoms. The van der Waals surface area contributed by atoms with Crippen LogP contribution in [0.15, 0.2) is 0 Å². The summed E-state index contributed by atoms with van der Waals surface area (Å²) in [6.45, 7) is 30.0. The second kappa shape index (κ2) is 33.8. The van der Waals surface area contributed by atoms with Crippen molar-refractivity contribution >= 4 is 0 Å². The molecule has 0 aliphatic heterocycles. The molecule has 0 aromatic heterocycles. The Kier molecular flexibility index (Phi) is 40.1. The summed E-state index contributed by atoms with van der Waals surface area (Å²) in [5.41, 5.74) is 0. The van der Waals surface area contributed by atoms with Crippen LogP contribution in [0.25, 0.3) is 0 Å². The molecule has 0 rings (SSSR count). The number of halogens is 1. The third-order valence-electron chi connectivity index (χ3n) is 7.89. The highest BCUT2D eigenvalue weighted by Crippen LogP contribution is 2.17. The molecule has 0 amide bonds. The van der Waals surface area contributed by atoms with Crippen LogP contribution in [0, 0.1) is 0 Å². The quantitative estimate of drug-likeness (QED) is 0.140. The van der Waals surface area contributed by atoms with E-state index < -0.39 is 0 Å². The Morgan fingerprint density at radius 2 is 0.405 bits per heavy atom. The Bertz CT molecular complexity index is 281. The summed E-state index contributed by atoms with van der Waals surface area (Å²) >= 11 is 0. The molecule has 4 heteroatoms. The molecule has 0 unspecified atom stereocenters. The van der Waals surface area contributed by atoms with Gasteiger partial charge in [-0.1, -0.05) is 107 Å². The van der Waals surface area contributed by atoms with Gasteiger partial charge in [0.15, 0.2) is 0 Å². The number of unbranched alkanes of at least 4 members (excludes halogenated alkanes) is 8. The summed E-state index contributed by atoms with van der Waals surface area (Å²) in [4.78, 5) is 0. The van der Waals surface area contributed by atoms with Crippen molar-refractivity contribution in [2.45, 2.75) is 158 Å². The van der Waals surface area contributed by atoms with Crippen LogP contribution in [0.4, 0.5) is 0 Å². The van der Waals surface area contributed by atoms with Gasteiger partial charge in [-0.2, -0.15) is 7.11 Å². The minimum absolute atomic E-state index is 0. The first-order valence-corrected chi connectivity index (χ1v) is 16.6. The zero-order valence-electron chi connectivity index (χ0n) is 27.7. The second-order valence-electron chi connectivity index (χ2n) is 11.3. The molecule has 0 bridgehead atoms. The summed E-state index contributed by atoms with van der Waals surface area (Å²) in [6.07, 6.45) is 22.1. The highest BCUT2D eigenvalue weighted by atomic mass is 19.0. The molecule has 230 valence electrons. The van der Waals surface area contributed by atoms with Crippen molar-refractivity contribution in [3.05, 3.63) is 0 Å². The maximum Gasteiger partial charge on any atom is 0.0786 e. The van der Waals surface area contributed by atoms with E-state index in [1.54, 1.807) is 0 Å². The molecular weight excluding hydrogens is 459 g/mol. The molecule has 0 fully saturated rings. The first-order valence-electron chi connectivity index (χ1n) is 16.6. The number of hydrogen-bond donors (Lipinski definition) is 0. The van der Waals surface area contributed by atoms with E-state index >= 15 is 0 Å². The average molecular weight is 535 g/mol. The van der Waals surface area contributed by atoms with E-state index in [4.69, 9.17) is 5.11 Å². The third-order valence-corrected chi connectivity index (χ3v) is 7.89. The lowest BCUT2D eigenvalue weighted by Gasteiger charge is -2.39. The van der Waals surface area contributed by atoms with Gasteiger partial charge in [0, 0.05) is 0 Å². The first kappa shape index (κ1) is 43.8. The van der Waals surface area contributed by atoms with Crippen molar-refractivity contribution in [2.24, 2.45) is 0 Å². The van der Waals surface area contributed by atoms with E-state index in [9.17, 15) is 0 Å². The van der Waals surface area contributed by atoms with Crippen LogP contribution < -0.4 is 9.81 Å². The topological polar surface area (TPSA) is 23.1 Å². The van der Waals surface area contributed by atoms with Gasteiger partial charge in [0.1, 0.15) is 0 Å². The molecule has 0 aromatic rings. The normalized spacial score (nSPS) is 11.2. The summed E-state index contributed by atoms with van der Waals surface area (Å²) in [5.74, 6) is 0. The third kappa shape index (κ3) is 25.8. The van der Waals surface area contributed by atoms with Crippen molar-refractivity contribution in [1.29, 1.82) is 0 Å². The fraction of sp³-hybridized carbons (Fsp3) is 1.00. The molecule has 0 N–H and O–H groups in total. The van der Waals surface area contributed by atoms with Gasteiger partial charge in [0.2, 0.25) is 0 Å². The fourth-order valence-electron chi connectivity index (χ4n) is 5.29. The second-order valence-corrected chi connectivity index (χ2v) is 11.3. The lowest BCUT2D eigenvalue weighted by Crippen LogP contribution is -3.00. The van der Waals surface area contributed by atoms with Crippen molar-refractivity contribution < 1.29 is 18.8 Å². The van der Waals surface area contributed by atoms with Crippen LogP contribution in [0.1, 0.15) is 158 Å². The molecule has 0 aromatic carbocycles. The number of hydrogen-bond acceptors (Lipinski definition) is 1. The van der Waals surface area contributed by atoms with Gasteiger partial charge in [-0.25, -0.2) is 0 Å². The van der Waals surface area contributed by atoms with E-state index in [0.717, 1.165) is 7.11 Å². The summed E-state index contributed by atoms with van der Waals surface area (Å²) < 4.78 is 2.84. The van der Waals surface area contributed by atoms with Gasteiger partial charge < -0.3 is 18.8 Å². The Morgan fingerprint density at radius 3 is 0.486 bits per heavy atom. The van der Waals surface area contributed by atoms with Gasteiger partial charge in [-0.3, -0.25) is 0 Å². The Morgan fingerprint density at radius 1 is 0.297 bits per heavy atom. The van der Waals surface area contributed by atoms with E-state index in [-0.39, 0.29) is 4.70 Å². The molecule has 0 spiro atoms. The van der Waals surface area contributed by atoms with E-state index in [1.165, 1.54) is 164 Å². The molecule has 0 saturated carbocycles. The molecule has 0 atom stereocenters. The monoisotopic (exact) mass is 535 g/mol. The predicted molar refractivity (Wildman–Crippen MR) is 165 cm³/mol. The van der Waals surface area contributed by atoms with E-state index in [1.807, 2.05) is 0 Å². The Balaban J connectivity index is -0.000000269. The van der Waals surface area contributed by atoms with Crippen LogP contribution in [-0.4, -0.2) is 68.4 Å². The van der Waals surface area contributed by atoms with Crippen molar-refractivity contribution in [2.75, 3.05) is 59.5 Å². The van der Waals surface area contributed by atoms with Gasteiger partial charge in [-0.05, 0) is 51.4 Å². The molecule has 0 aliphatic rings. The molecule has 0 heterocycles. The largest absolute Gasteiger partial charge is 1.00 e. The van der Waals surface area contributed by atoms with Crippen molar-refractivity contribution in [3.8, 4) is 0 Å². The highest BCUT2D eigenvalue weighted by molar-refractivity contribution is 4.50. The average Bonchev–Trinajstić information content (AvgIpc) is 2.93. The van der Waals surface area contributed by atoms with Gasteiger partial charge in [0.05, 0.1) is 52.4 Å². The lowest BCUT2D eigenvalue weighted by molar-refractivity contribution is -0.929. The zero-order chi connectivity index (χ0) is 28.0. The van der Waals surface area contributed by atoms with Gasteiger partial charge in [0.25, 0.3) is 0 Å². The summed E-state index contributed by atoms with van der Waals surface area (Å²) in [7, 11) is 0.750.